The maximum absolute atomic E-state index is 15.2. The predicted molar refractivity (Wildman–Crippen MR) is 114 cm³/mol. The number of benzene rings is 3. The topological polar surface area (TPSA) is 50.1 Å². The van der Waals surface area contributed by atoms with Gasteiger partial charge in [0.05, 0.1) is 11.6 Å². The molecule has 0 aliphatic heterocycles. The predicted octanol–water partition coefficient (Wildman–Crippen LogP) is 6.36. The van der Waals surface area contributed by atoms with Crippen LogP contribution in [-0.2, 0) is 12.8 Å². The fraction of sp³-hybridized carbons (Fsp3) is 0.231. The lowest BCUT2D eigenvalue weighted by Crippen LogP contribution is -2.14. The average molecular weight is 417 g/mol. The highest BCUT2D eigenvalue weighted by atomic mass is 19.1. The molecule has 4 rings (SSSR count). The molecular formula is C26H21F2NO2. The van der Waals surface area contributed by atoms with Gasteiger partial charge >= 0.3 is 5.97 Å². The maximum Gasteiger partial charge on any atom is 0.349 e. The van der Waals surface area contributed by atoms with Crippen molar-refractivity contribution in [2.45, 2.75) is 39.0 Å². The van der Waals surface area contributed by atoms with E-state index in [1.165, 1.54) is 35.9 Å². The molecule has 0 radical (unpaired) electrons. The van der Waals surface area contributed by atoms with Gasteiger partial charge in [0.1, 0.15) is 22.9 Å². The second-order valence-electron chi connectivity index (χ2n) is 7.72. The summed E-state index contributed by atoms with van der Waals surface area (Å²) < 4.78 is 35.2. The van der Waals surface area contributed by atoms with Crippen LogP contribution in [0, 0.1) is 23.0 Å². The van der Waals surface area contributed by atoms with Crippen molar-refractivity contribution in [1.82, 2.24) is 0 Å². The molecule has 156 valence electrons. The standard InChI is InChI=1S/C26H21F2NO2/c1-2-3-4-5-16-8-11-20-18(12-16)13-22-21(20)14-23(27)24(25(22)28)26(30)31-19-9-6-17(15-29)7-10-19/h6-12,14H,2-5,13H2,1H3. The van der Waals surface area contributed by atoms with Gasteiger partial charge in [0.2, 0.25) is 0 Å². The van der Waals surface area contributed by atoms with Crippen LogP contribution in [0.5, 0.6) is 5.75 Å². The van der Waals surface area contributed by atoms with Crippen LogP contribution in [-0.4, -0.2) is 5.97 Å². The summed E-state index contributed by atoms with van der Waals surface area (Å²) in [5.74, 6) is -2.81. The number of fused-ring (bicyclic) bond motifs is 3. The van der Waals surface area contributed by atoms with E-state index in [-0.39, 0.29) is 5.75 Å². The van der Waals surface area contributed by atoms with Crippen molar-refractivity contribution >= 4 is 5.97 Å². The number of hydrogen-bond acceptors (Lipinski definition) is 3. The molecule has 0 amide bonds. The molecule has 1 aliphatic rings. The zero-order chi connectivity index (χ0) is 22.0. The lowest BCUT2D eigenvalue weighted by Gasteiger charge is -2.10. The molecule has 0 saturated heterocycles. The van der Waals surface area contributed by atoms with E-state index >= 15 is 4.39 Å². The molecule has 0 spiro atoms. The van der Waals surface area contributed by atoms with E-state index in [1.54, 1.807) is 0 Å². The lowest BCUT2D eigenvalue weighted by molar-refractivity contribution is 0.0724. The van der Waals surface area contributed by atoms with Gasteiger partial charge in [0.25, 0.3) is 0 Å². The molecule has 0 bridgehead atoms. The van der Waals surface area contributed by atoms with E-state index in [9.17, 15) is 9.18 Å². The number of carbonyl (C=O) groups is 1. The van der Waals surface area contributed by atoms with E-state index in [0.717, 1.165) is 36.8 Å². The molecule has 0 heterocycles. The molecule has 0 saturated carbocycles. The first-order valence-electron chi connectivity index (χ1n) is 10.4. The first kappa shape index (κ1) is 20.7. The Bertz CT molecular complexity index is 1190. The molecule has 0 unspecified atom stereocenters. The summed E-state index contributed by atoms with van der Waals surface area (Å²) in [7, 11) is 0. The molecule has 0 atom stereocenters. The van der Waals surface area contributed by atoms with Crippen molar-refractivity contribution in [3.05, 3.63) is 88.0 Å². The fourth-order valence-corrected chi connectivity index (χ4v) is 4.00. The highest BCUT2D eigenvalue weighted by molar-refractivity contribution is 5.94. The smallest absolute Gasteiger partial charge is 0.349 e. The van der Waals surface area contributed by atoms with E-state index in [0.29, 0.717) is 23.1 Å². The van der Waals surface area contributed by atoms with Crippen molar-refractivity contribution in [3.63, 3.8) is 0 Å². The molecule has 5 heteroatoms. The van der Waals surface area contributed by atoms with Gasteiger partial charge in [-0.3, -0.25) is 0 Å². The van der Waals surface area contributed by atoms with Crippen LogP contribution in [0.1, 0.15) is 58.8 Å². The van der Waals surface area contributed by atoms with Crippen LogP contribution in [0.25, 0.3) is 11.1 Å². The Morgan fingerprint density at radius 2 is 1.84 bits per heavy atom. The lowest BCUT2D eigenvalue weighted by atomic mass is 9.99. The molecule has 0 N–H and O–H groups in total. The third kappa shape index (κ3) is 4.06. The van der Waals surface area contributed by atoms with Crippen molar-refractivity contribution in [2.75, 3.05) is 0 Å². The quantitative estimate of drug-likeness (QED) is 0.208. The molecule has 0 aromatic heterocycles. The first-order chi connectivity index (χ1) is 15.0. The first-order valence-corrected chi connectivity index (χ1v) is 10.4. The van der Waals surface area contributed by atoms with E-state index in [4.69, 9.17) is 10.00 Å². The highest BCUT2D eigenvalue weighted by Crippen LogP contribution is 2.40. The number of carbonyl (C=O) groups excluding carboxylic acids is 1. The summed E-state index contributed by atoms with van der Waals surface area (Å²) in [6.45, 7) is 2.15. The minimum absolute atomic E-state index is 0.114. The van der Waals surface area contributed by atoms with E-state index < -0.39 is 23.2 Å². The van der Waals surface area contributed by atoms with Crippen LogP contribution < -0.4 is 4.74 Å². The molecular weight excluding hydrogens is 396 g/mol. The third-order valence-corrected chi connectivity index (χ3v) is 5.61. The number of nitriles is 1. The molecule has 1 aliphatic carbocycles. The second-order valence-corrected chi connectivity index (χ2v) is 7.72. The Hall–Kier alpha value is -3.52. The number of aryl methyl sites for hydroxylation is 1. The number of hydrogen-bond donors (Lipinski definition) is 0. The van der Waals surface area contributed by atoms with Gasteiger partial charge in [-0.15, -0.1) is 0 Å². The summed E-state index contributed by atoms with van der Waals surface area (Å²) in [5, 5.41) is 8.84. The number of ether oxygens (including phenoxy) is 1. The van der Waals surface area contributed by atoms with Crippen molar-refractivity contribution in [2.24, 2.45) is 0 Å². The third-order valence-electron chi connectivity index (χ3n) is 5.61. The van der Waals surface area contributed by atoms with Gasteiger partial charge < -0.3 is 4.74 Å². The van der Waals surface area contributed by atoms with E-state index in [2.05, 4.69) is 13.0 Å². The van der Waals surface area contributed by atoms with Crippen molar-refractivity contribution in [1.29, 1.82) is 5.26 Å². The zero-order valence-corrected chi connectivity index (χ0v) is 17.2. The zero-order valence-electron chi connectivity index (χ0n) is 17.2. The maximum atomic E-state index is 15.2. The molecule has 3 nitrogen and oxygen atoms in total. The minimum atomic E-state index is -1.10. The average Bonchev–Trinajstić information content (AvgIpc) is 3.12. The SMILES string of the molecule is CCCCCc1ccc2c(c1)Cc1c-2cc(F)c(C(=O)Oc2ccc(C#N)cc2)c1F. The molecule has 3 aromatic rings. The van der Waals surface area contributed by atoms with Gasteiger partial charge in [0.15, 0.2) is 0 Å². The summed E-state index contributed by atoms with van der Waals surface area (Å²) >= 11 is 0. The largest absolute Gasteiger partial charge is 0.423 e. The van der Waals surface area contributed by atoms with Gasteiger partial charge in [-0.2, -0.15) is 5.26 Å². The van der Waals surface area contributed by atoms with Crippen molar-refractivity contribution in [3.8, 4) is 22.9 Å². The number of rotatable bonds is 6. The van der Waals surface area contributed by atoms with E-state index in [1.807, 2.05) is 18.2 Å². The van der Waals surface area contributed by atoms with Crippen LogP contribution in [0.4, 0.5) is 8.78 Å². The van der Waals surface area contributed by atoms with Crippen LogP contribution in [0.2, 0.25) is 0 Å². The fourth-order valence-electron chi connectivity index (χ4n) is 4.00. The number of halogens is 2. The molecule has 3 aromatic carbocycles. The monoisotopic (exact) mass is 417 g/mol. The molecule has 31 heavy (non-hydrogen) atoms. The Kier molecular flexibility index (Phi) is 5.81. The Morgan fingerprint density at radius 1 is 1.06 bits per heavy atom. The Morgan fingerprint density at radius 3 is 2.55 bits per heavy atom. The van der Waals surface area contributed by atoms with Crippen molar-refractivity contribution < 1.29 is 18.3 Å². The van der Waals surface area contributed by atoms with Gasteiger partial charge in [0, 0.05) is 12.0 Å². The normalized spacial score (nSPS) is 11.5. The summed E-state index contributed by atoms with van der Waals surface area (Å²) in [6, 6.07) is 14.9. The van der Waals surface area contributed by atoms with Crippen LogP contribution in [0.15, 0.2) is 48.5 Å². The second kappa shape index (κ2) is 8.69. The van der Waals surface area contributed by atoms with Gasteiger partial charge in [-0.1, -0.05) is 38.0 Å². The summed E-state index contributed by atoms with van der Waals surface area (Å²) in [5.41, 5.74) is 3.43. The Labute approximate surface area is 179 Å². The van der Waals surface area contributed by atoms with Gasteiger partial charge in [-0.05, 0) is 65.4 Å². The Balaban J connectivity index is 1.61. The number of nitrogens with zero attached hydrogens (tertiary/aromatic N) is 1. The molecule has 0 fully saturated rings. The summed E-state index contributed by atoms with van der Waals surface area (Å²) in [6.07, 6.45) is 4.66. The van der Waals surface area contributed by atoms with Gasteiger partial charge in [-0.25, -0.2) is 13.6 Å². The number of esters is 1. The minimum Gasteiger partial charge on any atom is -0.423 e. The van der Waals surface area contributed by atoms with Crippen LogP contribution >= 0.6 is 0 Å². The van der Waals surface area contributed by atoms with Crippen LogP contribution in [0.3, 0.4) is 0 Å². The summed E-state index contributed by atoms with van der Waals surface area (Å²) in [4.78, 5) is 12.5. The number of unbranched alkanes of at least 4 members (excludes halogenated alkanes) is 2. The highest BCUT2D eigenvalue weighted by Gasteiger charge is 2.30.